The van der Waals surface area contributed by atoms with E-state index in [1.807, 2.05) is 6.92 Å². The SMILES string of the molecule is C#Cc1ccc(C(C(=O)NC2CCCCC2)N(CCCC)C(=O)CNC(=O)OC(C)(C)C)cc1. The molecule has 2 rings (SSSR count). The maximum atomic E-state index is 13.5. The van der Waals surface area contributed by atoms with Gasteiger partial charge in [-0.2, -0.15) is 0 Å². The van der Waals surface area contributed by atoms with Crippen LogP contribution in [0.25, 0.3) is 0 Å². The van der Waals surface area contributed by atoms with Crippen LogP contribution in [0.2, 0.25) is 0 Å². The Morgan fingerprint density at radius 1 is 1.15 bits per heavy atom. The average Bonchev–Trinajstić information content (AvgIpc) is 2.80. The predicted octanol–water partition coefficient (Wildman–Crippen LogP) is 4.31. The van der Waals surface area contributed by atoms with Gasteiger partial charge in [-0.1, -0.05) is 50.7 Å². The lowest BCUT2D eigenvalue weighted by molar-refractivity contribution is -0.140. The van der Waals surface area contributed by atoms with E-state index >= 15 is 0 Å². The van der Waals surface area contributed by atoms with Crippen LogP contribution in [0.3, 0.4) is 0 Å². The topological polar surface area (TPSA) is 87.7 Å². The average molecular weight is 470 g/mol. The Morgan fingerprint density at radius 3 is 2.35 bits per heavy atom. The summed E-state index contributed by atoms with van der Waals surface area (Å²) < 4.78 is 5.25. The second-order valence-electron chi connectivity index (χ2n) is 9.81. The molecule has 0 heterocycles. The van der Waals surface area contributed by atoms with Gasteiger partial charge in [-0.05, 0) is 57.7 Å². The number of ether oxygens (including phenoxy) is 1. The minimum Gasteiger partial charge on any atom is -0.444 e. The van der Waals surface area contributed by atoms with Crippen LogP contribution in [0.1, 0.15) is 89.8 Å². The smallest absolute Gasteiger partial charge is 0.408 e. The number of nitrogens with zero attached hydrogens (tertiary/aromatic N) is 1. The fraction of sp³-hybridized carbons (Fsp3) is 0.593. The number of amides is 3. The monoisotopic (exact) mass is 469 g/mol. The summed E-state index contributed by atoms with van der Waals surface area (Å²) >= 11 is 0. The molecule has 1 aliphatic rings. The third-order valence-corrected chi connectivity index (χ3v) is 5.76. The van der Waals surface area contributed by atoms with Crippen LogP contribution in [0.4, 0.5) is 4.79 Å². The third-order valence-electron chi connectivity index (χ3n) is 5.76. The van der Waals surface area contributed by atoms with E-state index in [2.05, 4.69) is 16.6 Å². The Labute approximate surface area is 204 Å². The zero-order chi connectivity index (χ0) is 25.1. The molecular formula is C27H39N3O4. The molecule has 7 heteroatoms. The first kappa shape index (κ1) is 27.2. The van der Waals surface area contributed by atoms with Crippen molar-refractivity contribution in [3.63, 3.8) is 0 Å². The highest BCUT2D eigenvalue weighted by Crippen LogP contribution is 2.25. The lowest BCUT2D eigenvalue weighted by Crippen LogP contribution is -2.50. The van der Waals surface area contributed by atoms with E-state index in [9.17, 15) is 14.4 Å². The molecule has 0 bridgehead atoms. The standard InChI is InChI=1S/C27H39N3O4/c1-6-8-18-30(23(31)19-28-26(33)34-27(3,4)5)24(21-16-14-20(7-2)15-17-21)25(32)29-22-12-10-9-11-13-22/h2,14-17,22,24H,6,8-13,18-19H2,1,3-5H3,(H,28,33)(H,29,32). The maximum absolute atomic E-state index is 13.5. The Morgan fingerprint density at radius 2 is 1.79 bits per heavy atom. The molecule has 0 aliphatic heterocycles. The summed E-state index contributed by atoms with van der Waals surface area (Å²) in [5.74, 6) is 2.03. The highest BCUT2D eigenvalue weighted by Gasteiger charge is 2.33. The minimum absolute atomic E-state index is 0.108. The van der Waals surface area contributed by atoms with E-state index in [0.29, 0.717) is 17.7 Å². The van der Waals surface area contributed by atoms with Gasteiger partial charge in [0.15, 0.2) is 0 Å². The van der Waals surface area contributed by atoms with Crippen molar-refractivity contribution >= 4 is 17.9 Å². The van der Waals surface area contributed by atoms with Crippen LogP contribution >= 0.6 is 0 Å². The van der Waals surface area contributed by atoms with Gasteiger partial charge in [-0.15, -0.1) is 6.42 Å². The van der Waals surface area contributed by atoms with Crippen molar-refractivity contribution in [1.29, 1.82) is 0 Å². The molecule has 0 aromatic heterocycles. The van der Waals surface area contributed by atoms with Crippen LogP contribution < -0.4 is 10.6 Å². The van der Waals surface area contributed by atoms with Gasteiger partial charge in [0.05, 0.1) is 0 Å². The Balaban J connectivity index is 2.27. The highest BCUT2D eigenvalue weighted by atomic mass is 16.6. The number of hydrogen-bond donors (Lipinski definition) is 2. The van der Waals surface area contributed by atoms with E-state index in [4.69, 9.17) is 11.2 Å². The van der Waals surface area contributed by atoms with Gasteiger partial charge < -0.3 is 20.3 Å². The highest BCUT2D eigenvalue weighted by molar-refractivity contribution is 5.90. The molecule has 2 N–H and O–H groups in total. The Kier molecular flexibility index (Phi) is 10.4. The van der Waals surface area contributed by atoms with Gasteiger partial charge in [0, 0.05) is 18.2 Å². The van der Waals surface area contributed by atoms with Gasteiger partial charge in [0.25, 0.3) is 0 Å². The number of terminal acetylenes is 1. The number of unbranched alkanes of at least 4 members (excludes halogenated alkanes) is 1. The molecule has 1 aromatic rings. The van der Waals surface area contributed by atoms with Gasteiger partial charge in [0.1, 0.15) is 18.2 Å². The lowest BCUT2D eigenvalue weighted by Gasteiger charge is -2.33. The Bertz CT molecular complexity index is 861. The minimum atomic E-state index is -0.812. The van der Waals surface area contributed by atoms with Gasteiger partial charge in [-0.3, -0.25) is 9.59 Å². The molecule has 7 nitrogen and oxygen atoms in total. The first-order valence-electron chi connectivity index (χ1n) is 12.3. The summed E-state index contributed by atoms with van der Waals surface area (Å²) in [6.07, 6.45) is 11.7. The van der Waals surface area contributed by atoms with Crippen molar-refractivity contribution in [2.75, 3.05) is 13.1 Å². The van der Waals surface area contributed by atoms with Crippen molar-refractivity contribution in [2.45, 2.75) is 90.3 Å². The lowest BCUT2D eigenvalue weighted by atomic mass is 9.94. The zero-order valence-electron chi connectivity index (χ0n) is 21.0. The molecule has 0 saturated heterocycles. The van der Waals surface area contributed by atoms with Crippen molar-refractivity contribution in [2.24, 2.45) is 0 Å². The fourth-order valence-electron chi connectivity index (χ4n) is 4.05. The quantitative estimate of drug-likeness (QED) is 0.528. The number of rotatable bonds is 9. The van der Waals surface area contributed by atoms with Crippen LogP contribution in [-0.2, 0) is 14.3 Å². The summed E-state index contributed by atoms with van der Waals surface area (Å²) in [5, 5.41) is 5.70. The van der Waals surface area contributed by atoms with E-state index in [0.717, 1.165) is 38.5 Å². The number of hydrogen-bond acceptors (Lipinski definition) is 4. The number of alkyl carbamates (subject to hydrolysis) is 1. The Hall–Kier alpha value is -3.01. The van der Waals surface area contributed by atoms with Crippen LogP contribution in [0, 0.1) is 12.3 Å². The molecule has 3 amide bonds. The summed E-state index contributed by atoms with van der Waals surface area (Å²) in [7, 11) is 0. The molecule has 186 valence electrons. The molecule has 0 radical (unpaired) electrons. The molecule has 1 atom stereocenters. The van der Waals surface area contributed by atoms with E-state index in [-0.39, 0.29) is 24.4 Å². The first-order valence-corrected chi connectivity index (χ1v) is 12.3. The molecule has 1 aromatic carbocycles. The normalized spacial score (nSPS) is 15.0. The maximum Gasteiger partial charge on any atom is 0.408 e. The predicted molar refractivity (Wildman–Crippen MR) is 133 cm³/mol. The van der Waals surface area contributed by atoms with Crippen molar-refractivity contribution in [1.82, 2.24) is 15.5 Å². The molecule has 1 unspecified atom stereocenters. The molecular weight excluding hydrogens is 430 g/mol. The van der Waals surface area contributed by atoms with Gasteiger partial charge in [-0.25, -0.2) is 4.79 Å². The number of carbonyl (C=O) groups is 3. The fourth-order valence-corrected chi connectivity index (χ4v) is 4.05. The van der Waals surface area contributed by atoms with Crippen molar-refractivity contribution < 1.29 is 19.1 Å². The molecule has 0 spiro atoms. The van der Waals surface area contributed by atoms with Crippen LogP contribution in [-0.4, -0.2) is 47.5 Å². The number of benzene rings is 1. The number of nitrogens with one attached hydrogen (secondary N) is 2. The second kappa shape index (κ2) is 13.0. The summed E-state index contributed by atoms with van der Waals surface area (Å²) in [6, 6.07) is 6.45. The summed E-state index contributed by atoms with van der Waals surface area (Å²) in [6.45, 7) is 7.44. The van der Waals surface area contributed by atoms with E-state index < -0.39 is 17.7 Å². The zero-order valence-corrected chi connectivity index (χ0v) is 21.0. The van der Waals surface area contributed by atoms with E-state index in [1.165, 1.54) is 6.42 Å². The van der Waals surface area contributed by atoms with Crippen molar-refractivity contribution in [3.8, 4) is 12.3 Å². The second-order valence-corrected chi connectivity index (χ2v) is 9.81. The van der Waals surface area contributed by atoms with Crippen LogP contribution in [0.5, 0.6) is 0 Å². The summed E-state index contributed by atoms with van der Waals surface area (Å²) in [5.41, 5.74) is 0.721. The van der Waals surface area contributed by atoms with Gasteiger partial charge >= 0.3 is 6.09 Å². The van der Waals surface area contributed by atoms with Crippen molar-refractivity contribution in [3.05, 3.63) is 35.4 Å². The molecule has 1 aliphatic carbocycles. The first-order chi connectivity index (χ1) is 16.1. The molecule has 1 fully saturated rings. The summed E-state index contributed by atoms with van der Waals surface area (Å²) in [4.78, 5) is 40.5. The largest absolute Gasteiger partial charge is 0.444 e. The van der Waals surface area contributed by atoms with Crippen LogP contribution in [0.15, 0.2) is 24.3 Å². The number of carbonyl (C=O) groups excluding carboxylic acids is 3. The molecule has 34 heavy (non-hydrogen) atoms. The van der Waals surface area contributed by atoms with Gasteiger partial charge in [0.2, 0.25) is 11.8 Å². The third kappa shape index (κ3) is 8.74. The van der Waals surface area contributed by atoms with E-state index in [1.54, 1.807) is 49.9 Å². The molecule has 1 saturated carbocycles.